The van der Waals surface area contributed by atoms with Crippen LogP contribution in [0.2, 0.25) is 0 Å². The van der Waals surface area contributed by atoms with Gasteiger partial charge >= 0.3 is 0 Å². The van der Waals surface area contributed by atoms with Crippen LogP contribution in [0.25, 0.3) is 0 Å². The van der Waals surface area contributed by atoms with Gasteiger partial charge in [-0.3, -0.25) is 0 Å². The summed E-state index contributed by atoms with van der Waals surface area (Å²) < 4.78 is 0. The van der Waals surface area contributed by atoms with Crippen molar-refractivity contribution in [3.05, 3.63) is 103 Å². The minimum atomic E-state index is 0.286. The summed E-state index contributed by atoms with van der Waals surface area (Å²) >= 11 is 0. The molecule has 150 valence electrons. The summed E-state index contributed by atoms with van der Waals surface area (Å²) in [6.07, 6.45) is 8.29. The molecule has 3 aromatic rings. The number of aliphatic imine (C=N–C) groups is 1. The van der Waals surface area contributed by atoms with Crippen molar-refractivity contribution in [2.45, 2.75) is 13.0 Å². The lowest BCUT2D eigenvalue weighted by Crippen LogP contribution is -2.22. The molecule has 4 nitrogen and oxygen atoms in total. The standard InChI is InChI=1S/C26H26N4/c1-19-3-5-21(6-4-19)28-23-11-13-25(14-12-23)30-26-17-15-24(16-18-26)29-22-9-7-20(27-2)8-10-22/h3-18,20,27-28,30H,1-2H3. The Bertz CT molecular complexity index is 1040. The number of allylic oxidation sites excluding steroid dienone is 2. The van der Waals surface area contributed by atoms with Gasteiger partial charge in [-0.2, -0.15) is 0 Å². The lowest BCUT2D eigenvalue weighted by molar-refractivity contribution is 0.789. The first-order chi connectivity index (χ1) is 14.7. The predicted molar refractivity (Wildman–Crippen MR) is 129 cm³/mol. The topological polar surface area (TPSA) is 48.5 Å². The first kappa shape index (κ1) is 19.7. The van der Waals surface area contributed by atoms with Gasteiger partial charge in [-0.1, -0.05) is 29.8 Å². The van der Waals surface area contributed by atoms with Crippen LogP contribution in [0.5, 0.6) is 0 Å². The molecular weight excluding hydrogens is 368 g/mol. The van der Waals surface area contributed by atoms with Crippen molar-refractivity contribution in [3.63, 3.8) is 0 Å². The average Bonchev–Trinajstić information content (AvgIpc) is 2.78. The van der Waals surface area contributed by atoms with Crippen molar-refractivity contribution in [3.8, 4) is 0 Å². The van der Waals surface area contributed by atoms with E-state index in [0.717, 1.165) is 34.1 Å². The van der Waals surface area contributed by atoms with E-state index in [4.69, 9.17) is 0 Å². The van der Waals surface area contributed by atoms with Gasteiger partial charge in [0.2, 0.25) is 0 Å². The molecule has 4 rings (SSSR count). The van der Waals surface area contributed by atoms with Gasteiger partial charge in [0, 0.05) is 28.8 Å². The Kier molecular flexibility index (Phi) is 6.06. The van der Waals surface area contributed by atoms with Crippen LogP contribution in [0.1, 0.15) is 5.56 Å². The number of rotatable bonds is 6. The molecule has 3 aromatic carbocycles. The molecule has 1 aliphatic rings. The van der Waals surface area contributed by atoms with E-state index in [1.165, 1.54) is 5.56 Å². The first-order valence-corrected chi connectivity index (χ1v) is 10.1. The zero-order chi connectivity index (χ0) is 20.8. The Balaban J connectivity index is 1.36. The summed E-state index contributed by atoms with van der Waals surface area (Å²) in [7, 11) is 1.95. The molecule has 0 aliphatic heterocycles. The van der Waals surface area contributed by atoms with E-state index in [-0.39, 0.29) is 6.04 Å². The maximum atomic E-state index is 4.67. The zero-order valence-electron chi connectivity index (χ0n) is 17.3. The van der Waals surface area contributed by atoms with Crippen molar-refractivity contribution in [1.82, 2.24) is 5.32 Å². The molecule has 0 amide bonds. The lowest BCUT2D eigenvalue weighted by atomic mass is 10.1. The van der Waals surface area contributed by atoms with Gasteiger partial charge in [0.05, 0.1) is 11.4 Å². The van der Waals surface area contributed by atoms with E-state index < -0.39 is 0 Å². The van der Waals surface area contributed by atoms with Gasteiger partial charge in [0.1, 0.15) is 0 Å². The summed E-state index contributed by atoms with van der Waals surface area (Å²) in [6.45, 7) is 2.09. The summed E-state index contributed by atoms with van der Waals surface area (Å²) in [4.78, 5) is 4.67. The molecule has 0 saturated carbocycles. The Hall–Kier alpha value is -3.63. The summed E-state index contributed by atoms with van der Waals surface area (Å²) in [5.74, 6) is 0. The minimum absolute atomic E-state index is 0.286. The van der Waals surface area contributed by atoms with Crippen LogP contribution in [-0.2, 0) is 0 Å². The summed E-state index contributed by atoms with van der Waals surface area (Å²) in [6, 6.07) is 25.1. The van der Waals surface area contributed by atoms with Crippen molar-refractivity contribution in [2.75, 3.05) is 17.7 Å². The number of nitrogens with one attached hydrogen (secondary N) is 3. The number of benzene rings is 3. The van der Waals surface area contributed by atoms with E-state index >= 15 is 0 Å². The van der Waals surface area contributed by atoms with Gasteiger partial charge in [-0.05, 0) is 86.8 Å². The van der Waals surface area contributed by atoms with Crippen molar-refractivity contribution in [2.24, 2.45) is 4.99 Å². The molecule has 0 bridgehead atoms. The quantitative estimate of drug-likeness (QED) is 0.462. The van der Waals surface area contributed by atoms with Crippen LogP contribution in [-0.4, -0.2) is 18.8 Å². The van der Waals surface area contributed by atoms with E-state index in [1.807, 2.05) is 43.5 Å². The third kappa shape index (κ3) is 5.25. The highest BCUT2D eigenvalue weighted by atomic mass is 14.9. The average molecular weight is 395 g/mol. The molecule has 4 heteroatoms. The van der Waals surface area contributed by atoms with Crippen LogP contribution >= 0.6 is 0 Å². The number of nitrogens with zero attached hydrogens (tertiary/aromatic N) is 1. The number of likely N-dealkylation sites (N-methyl/N-ethyl adjacent to an activating group) is 1. The van der Waals surface area contributed by atoms with Gasteiger partial charge in [-0.25, -0.2) is 4.99 Å². The van der Waals surface area contributed by atoms with Crippen molar-refractivity contribution < 1.29 is 0 Å². The fourth-order valence-corrected chi connectivity index (χ4v) is 3.17. The van der Waals surface area contributed by atoms with Crippen LogP contribution in [0.4, 0.5) is 28.4 Å². The Labute approximate surface area is 178 Å². The smallest absolute Gasteiger partial charge is 0.0638 e. The summed E-state index contributed by atoms with van der Waals surface area (Å²) in [5.41, 5.74) is 7.37. The molecule has 0 fully saturated rings. The predicted octanol–water partition coefficient (Wildman–Crippen LogP) is 6.27. The number of hydrogen-bond acceptors (Lipinski definition) is 4. The maximum Gasteiger partial charge on any atom is 0.0638 e. The highest BCUT2D eigenvalue weighted by Crippen LogP contribution is 2.24. The van der Waals surface area contributed by atoms with Gasteiger partial charge < -0.3 is 16.0 Å². The molecule has 3 N–H and O–H groups in total. The highest BCUT2D eigenvalue weighted by Gasteiger charge is 2.03. The molecule has 0 saturated heterocycles. The Morgan fingerprint density at radius 1 is 0.633 bits per heavy atom. The van der Waals surface area contributed by atoms with Crippen molar-refractivity contribution >= 4 is 34.1 Å². The highest BCUT2D eigenvalue weighted by molar-refractivity contribution is 6.06. The number of hydrogen-bond donors (Lipinski definition) is 3. The van der Waals surface area contributed by atoms with Crippen LogP contribution in [0.3, 0.4) is 0 Å². The van der Waals surface area contributed by atoms with E-state index in [2.05, 4.69) is 88.5 Å². The third-order valence-electron chi connectivity index (χ3n) is 4.92. The first-order valence-electron chi connectivity index (χ1n) is 10.1. The fourth-order valence-electron chi connectivity index (χ4n) is 3.17. The Morgan fingerprint density at radius 2 is 1.07 bits per heavy atom. The second-order valence-electron chi connectivity index (χ2n) is 7.31. The van der Waals surface area contributed by atoms with Crippen LogP contribution in [0, 0.1) is 6.92 Å². The number of anilines is 4. The molecule has 0 heterocycles. The SMILES string of the molecule is CNC1C=CC(=Nc2ccc(Nc3ccc(Nc4ccc(C)cc4)cc3)cc2)C=C1. The monoisotopic (exact) mass is 394 g/mol. The second-order valence-corrected chi connectivity index (χ2v) is 7.31. The fraction of sp³-hybridized carbons (Fsp3) is 0.115. The molecule has 30 heavy (non-hydrogen) atoms. The molecule has 0 atom stereocenters. The van der Waals surface area contributed by atoms with Crippen molar-refractivity contribution in [1.29, 1.82) is 0 Å². The van der Waals surface area contributed by atoms with E-state index in [9.17, 15) is 0 Å². The van der Waals surface area contributed by atoms with E-state index in [1.54, 1.807) is 0 Å². The molecular formula is C26H26N4. The van der Waals surface area contributed by atoms with E-state index in [0.29, 0.717) is 0 Å². The molecule has 0 spiro atoms. The van der Waals surface area contributed by atoms with Gasteiger partial charge in [-0.15, -0.1) is 0 Å². The minimum Gasteiger partial charge on any atom is -0.356 e. The lowest BCUT2D eigenvalue weighted by Gasteiger charge is -2.11. The number of aryl methyl sites for hydroxylation is 1. The van der Waals surface area contributed by atoms with Crippen LogP contribution < -0.4 is 16.0 Å². The molecule has 0 radical (unpaired) electrons. The van der Waals surface area contributed by atoms with Crippen LogP contribution in [0.15, 0.2) is 102 Å². The largest absolute Gasteiger partial charge is 0.356 e. The van der Waals surface area contributed by atoms with Gasteiger partial charge in [0.25, 0.3) is 0 Å². The summed E-state index contributed by atoms with van der Waals surface area (Å²) in [5, 5.41) is 10.0. The zero-order valence-corrected chi connectivity index (χ0v) is 17.3. The normalized spacial score (nSPS) is 15.1. The molecule has 1 aliphatic carbocycles. The second kappa shape index (κ2) is 9.25. The van der Waals surface area contributed by atoms with Gasteiger partial charge in [0.15, 0.2) is 0 Å². The maximum absolute atomic E-state index is 4.67. The molecule has 0 aromatic heterocycles. The molecule has 0 unspecified atom stereocenters. The third-order valence-corrected chi connectivity index (χ3v) is 4.92. The Morgan fingerprint density at radius 3 is 1.53 bits per heavy atom.